The highest BCUT2D eigenvalue weighted by atomic mass is 32.2. The highest BCUT2D eigenvalue weighted by Gasteiger charge is 2.32. The number of nitro groups is 1. The second kappa shape index (κ2) is 6.62. The van der Waals surface area contributed by atoms with Crippen molar-refractivity contribution in [2.45, 2.75) is 48.8 Å². The molecule has 2 fully saturated rings. The number of aromatic nitrogens is 4. The summed E-state index contributed by atoms with van der Waals surface area (Å²) in [5.41, 5.74) is -0.00358. The lowest BCUT2D eigenvalue weighted by atomic mass is 10.00. The summed E-state index contributed by atoms with van der Waals surface area (Å²) in [6, 6.07) is 3.60. The molecule has 0 atom stereocenters. The Morgan fingerprint density at radius 1 is 1.20 bits per heavy atom. The lowest BCUT2D eigenvalue weighted by molar-refractivity contribution is -0.385. The van der Waals surface area contributed by atoms with E-state index in [2.05, 4.69) is 31.6 Å². The maximum atomic E-state index is 10.8. The molecule has 0 radical (unpaired) electrons. The number of hydrogen-bond donors (Lipinski definition) is 0. The zero-order chi connectivity index (χ0) is 17.4. The molecular weight excluding hydrogens is 340 g/mol. The summed E-state index contributed by atoms with van der Waals surface area (Å²) in [7, 11) is 0. The van der Waals surface area contributed by atoms with Gasteiger partial charge < -0.3 is 4.90 Å². The first-order valence-corrected chi connectivity index (χ1v) is 9.41. The Kier molecular flexibility index (Phi) is 4.32. The van der Waals surface area contributed by atoms with E-state index in [-0.39, 0.29) is 5.69 Å². The molecule has 0 spiro atoms. The molecule has 3 heterocycles. The fourth-order valence-corrected chi connectivity index (χ4v) is 3.89. The van der Waals surface area contributed by atoms with E-state index in [4.69, 9.17) is 0 Å². The van der Waals surface area contributed by atoms with E-state index in [0.29, 0.717) is 11.1 Å². The van der Waals surface area contributed by atoms with Crippen LogP contribution in [0.4, 0.5) is 11.6 Å². The zero-order valence-corrected chi connectivity index (χ0v) is 14.9. The SMILES string of the molecule is CC1CCN(c2nnc(Sc3ccc([N+](=O)[O-])cn3)n2C2CC2)CC1. The maximum absolute atomic E-state index is 10.8. The van der Waals surface area contributed by atoms with E-state index in [1.165, 1.54) is 36.9 Å². The summed E-state index contributed by atoms with van der Waals surface area (Å²) in [6.45, 7) is 4.34. The van der Waals surface area contributed by atoms with Gasteiger partial charge in [0.2, 0.25) is 5.95 Å². The minimum atomic E-state index is -0.441. The largest absolute Gasteiger partial charge is 0.341 e. The van der Waals surface area contributed by atoms with Gasteiger partial charge in [0.15, 0.2) is 5.16 Å². The number of hydrogen-bond acceptors (Lipinski definition) is 7. The van der Waals surface area contributed by atoms with E-state index in [9.17, 15) is 10.1 Å². The molecular formula is C16H20N6O2S. The van der Waals surface area contributed by atoms with Gasteiger partial charge in [0.25, 0.3) is 5.69 Å². The van der Waals surface area contributed by atoms with Crippen molar-refractivity contribution in [2.24, 2.45) is 5.92 Å². The minimum Gasteiger partial charge on any atom is -0.341 e. The molecule has 4 rings (SSSR count). The van der Waals surface area contributed by atoms with Crippen LogP contribution in [0, 0.1) is 16.0 Å². The summed E-state index contributed by atoms with van der Waals surface area (Å²) in [4.78, 5) is 16.8. The maximum Gasteiger partial charge on any atom is 0.287 e. The smallest absolute Gasteiger partial charge is 0.287 e. The molecule has 1 aliphatic heterocycles. The fraction of sp³-hybridized carbons (Fsp3) is 0.562. The van der Waals surface area contributed by atoms with Crippen molar-refractivity contribution in [2.75, 3.05) is 18.0 Å². The van der Waals surface area contributed by atoms with Crippen LogP contribution in [-0.4, -0.2) is 37.8 Å². The molecule has 132 valence electrons. The van der Waals surface area contributed by atoms with Crippen LogP contribution < -0.4 is 4.90 Å². The van der Waals surface area contributed by atoms with Gasteiger partial charge in [0.05, 0.1) is 4.92 Å². The molecule has 9 heteroatoms. The molecule has 0 amide bonds. The van der Waals surface area contributed by atoms with Crippen LogP contribution in [0.1, 0.15) is 38.6 Å². The molecule has 1 aliphatic carbocycles. The Bertz CT molecular complexity index is 765. The van der Waals surface area contributed by atoms with Gasteiger partial charge in [-0.25, -0.2) is 4.98 Å². The Morgan fingerprint density at radius 3 is 2.56 bits per heavy atom. The van der Waals surface area contributed by atoms with Crippen molar-refractivity contribution in [3.8, 4) is 0 Å². The summed E-state index contributed by atoms with van der Waals surface area (Å²) in [5, 5.41) is 21.1. The number of pyridine rings is 1. The van der Waals surface area contributed by atoms with Crippen LogP contribution in [0.2, 0.25) is 0 Å². The molecule has 2 aromatic heterocycles. The molecule has 0 N–H and O–H groups in total. The van der Waals surface area contributed by atoms with Gasteiger partial charge >= 0.3 is 0 Å². The third kappa shape index (κ3) is 3.46. The number of anilines is 1. The topological polar surface area (TPSA) is 90.0 Å². The predicted octanol–water partition coefficient (Wildman–Crippen LogP) is 3.30. The number of piperidine rings is 1. The van der Waals surface area contributed by atoms with Crippen molar-refractivity contribution in [3.05, 3.63) is 28.4 Å². The van der Waals surface area contributed by atoms with Crippen LogP contribution in [0.25, 0.3) is 0 Å². The second-order valence-electron chi connectivity index (χ2n) is 6.77. The average molecular weight is 360 g/mol. The summed E-state index contributed by atoms with van der Waals surface area (Å²) < 4.78 is 2.23. The molecule has 2 aliphatic rings. The second-order valence-corrected chi connectivity index (χ2v) is 7.75. The van der Waals surface area contributed by atoms with E-state index in [0.717, 1.165) is 43.0 Å². The third-order valence-corrected chi connectivity index (χ3v) is 5.66. The van der Waals surface area contributed by atoms with E-state index >= 15 is 0 Å². The normalized spacial score (nSPS) is 18.5. The van der Waals surface area contributed by atoms with Crippen LogP contribution in [0.5, 0.6) is 0 Å². The van der Waals surface area contributed by atoms with Gasteiger partial charge in [-0.15, -0.1) is 10.2 Å². The van der Waals surface area contributed by atoms with Gasteiger partial charge in [-0.3, -0.25) is 14.7 Å². The quantitative estimate of drug-likeness (QED) is 0.597. The minimum absolute atomic E-state index is 0.00358. The van der Waals surface area contributed by atoms with Gasteiger partial charge in [-0.05, 0) is 49.4 Å². The van der Waals surface area contributed by atoms with Crippen molar-refractivity contribution in [3.63, 3.8) is 0 Å². The molecule has 0 aromatic carbocycles. The van der Waals surface area contributed by atoms with Gasteiger partial charge in [-0.1, -0.05) is 6.92 Å². The highest BCUT2D eigenvalue weighted by molar-refractivity contribution is 7.99. The van der Waals surface area contributed by atoms with Crippen molar-refractivity contribution in [1.29, 1.82) is 0 Å². The summed E-state index contributed by atoms with van der Waals surface area (Å²) >= 11 is 1.42. The third-order valence-electron chi connectivity index (χ3n) is 4.75. The Morgan fingerprint density at radius 2 is 1.96 bits per heavy atom. The molecule has 2 aromatic rings. The van der Waals surface area contributed by atoms with E-state index in [1.54, 1.807) is 6.07 Å². The zero-order valence-electron chi connectivity index (χ0n) is 14.0. The van der Waals surface area contributed by atoms with Crippen molar-refractivity contribution >= 4 is 23.4 Å². The number of rotatable bonds is 5. The molecule has 1 saturated heterocycles. The van der Waals surface area contributed by atoms with Crippen LogP contribution >= 0.6 is 11.8 Å². The Labute approximate surface area is 149 Å². The Balaban J connectivity index is 1.56. The standard InChI is InChI=1S/C16H20N6O2S/c1-11-6-8-20(9-7-11)15-18-19-16(21(15)12-2-3-12)25-14-5-4-13(10-17-14)22(23)24/h4-5,10-12H,2-3,6-9H2,1H3. The van der Waals surface area contributed by atoms with Gasteiger partial charge in [0.1, 0.15) is 11.2 Å². The first kappa shape index (κ1) is 16.3. The van der Waals surface area contributed by atoms with Crippen LogP contribution in [-0.2, 0) is 0 Å². The molecule has 0 bridgehead atoms. The van der Waals surface area contributed by atoms with Gasteiger partial charge in [0, 0.05) is 25.2 Å². The van der Waals surface area contributed by atoms with Crippen LogP contribution in [0.15, 0.2) is 28.5 Å². The molecule has 1 saturated carbocycles. The summed E-state index contributed by atoms with van der Waals surface area (Å²) in [6.07, 6.45) is 5.95. The van der Waals surface area contributed by atoms with Gasteiger partial charge in [-0.2, -0.15) is 0 Å². The first-order chi connectivity index (χ1) is 12.1. The monoisotopic (exact) mass is 360 g/mol. The lowest BCUT2D eigenvalue weighted by Gasteiger charge is -2.31. The first-order valence-electron chi connectivity index (χ1n) is 8.60. The van der Waals surface area contributed by atoms with E-state index in [1.807, 2.05) is 0 Å². The molecule has 25 heavy (non-hydrogen) atoms. The van der Waals surface area contributed by atoms with E-state index < -0.39 is 4.92 Å². The van der Waals surface area contributed by atoms with Crippen LogP contribution in [0.3, 0.4) is 0 Å². The highest BCUT2D eigenvalue weighted by Crippen LogP contribution is 2.42. The fourth-order valence-electron chi connectivity index (χ4n) is 3.05. The van der Waals surface area contributed by atoms with Crippen molar-refractivity contribution in [1.82, 2.24) is 19.7 Å². The molecule has 0 unspecified atom stereocenters. The predicted molar refractivity (Wildman–Crippen MR) is 93.9 cm³/mol. The Hall–Kier alpha value is -2.16. The number of nitrogens with zero attached hydrogens (tertiary/aromatic N) is 6. The average Bonchev–Trinajstić information content (AvgIpc) is 3.37. The lowest BCUT2D eigenvalue weighted by Crippen LogP contribution is -2.34. The molecule has 8 nitrogen and oxygen atoms in total. The van der Waals surface area contributed by atoms with Crippen molar-refractivity contribution < 1.29 is 4.92 Å². The summed E-state index contributed by atoms with van der Waals surface area (Å²) in [5.74, 6) is 1.73.